The van der Waals surface area contributed by atoms with Crippen LogP contribution in [-0.4, -0.2) is 38.3 Å². The smallest absolute Gasteiger partial charge is 0.243 e. The SMILES string of the molecule is CC(C)CC[C@@H](C)NC(=O)CN(C)S(=O)(=O)c1ccc(Cl)cc1. The largest absolute Gasteiger partial charge is 0.353 e. The molecule has 1 atom stereocenters. The van der Waals surface area contributed by atoms with Gasteiger partial charge in [-0.2, -0.15) is 4.31 Å². The highest BCUT2D eigenvalue weighted by molar-refractivity contribution is 7.89. The fourth-order valence-electron chi connectivity index (χ4n) is 2.05. The van der Waals surface area contributed by atoms with Gasteiger partial charge in [0.15, 0.2) is 0 Å². The Bertz CT molecular complexity index is 615. The van der Waals surface area contributed by atoms with Gasteiger partial charge in [-0.3, -0.25) is 4.79 Å². The Morgan fingerprint density at radius 3 is 2.26 bits per heavy atom. The zero-order valence-electron chi connectivity index (χ0n) is 14.0. The minimum Gasteiger partial charge on any atom is -0.353 e. The lowest BCUT2D eigenvalue weighted by Crippen LogP contribution is -2.41. The predicted molar refractivity (Wildman–Crippen MR) is 92.9 cm³/mol. The Hall–Kier alpha value is -1.11. The second-order valence-corrected chi connectivity index (χ2v) is 8.64. The summed E-state index contributed by atoms with van der Waals surface area (Å²) in [6, 6.07) is 5.90. The second-order valence-electron chi connectivity index (χ2n) is 6.15. The number of halogens is 1. The molecule has 0 saturated heterocycles. The van der Waals surface area contributed by atoms with Crippen molar-refractivity contribution in [3.8, 4) is 0 Å². The van der Waals surface area contributed by atoms with E-state index in [0.29, 0.717) is 10.9 Å². The maximum atomic E-state index is 12.4. The van der Waals surface area contributed by atoms with Crippen LogP contribution in [0.4, 0.5) is 0 Å². The second kappa shape index (κ2) is 8.66. The third-order valence-electron chi connectivity index (χ3n) is 3.47. The van der Waals surface area contributed by atoms with Crippen LogP contribution >= 0.6 is 11.6 Å². The van der Waals surface area contributed by atoms with Crippen molar-refractivity contribution in [2.24, 2.45) is 5.92 Å². The van der Waals surface area contributed by atoms with Gasteiger partial charge in [-0.25, -0.2) is 8.42 Å². The van der Waals surface area contributed by atoms with Gasteiger partial charge >= 0.3 is 0 Å². The van der Waals surface area contributed by atoms with E-state index < -0.39 is 10.0 Å². The molecule has 0 aliphatic rings. The first kappa shape index (κ1) is 19.9. The molecule has 1 amide bonds. The number of benzene rings is 1. The number of sulfonamides is 1. The minimum absolute atomic E-state index is 0.0246. The molecule has 1 aromatic rings. The summed E-state index contributed by atoms with van der Waals surface area (Å²) in [5.74, 6) is 0.267. The van der Waals surface area contributed by atoms with Crippen molar-refractivity contribution in [3.63, 3.8) is 0 Å². The normalized spacial score (nSPS) is 13.3. The van der Waals surface area contributed by atoms with Crippen molar-refractivity contribution in [2.45, 2.75) is 44.6 Å². The van der Waals surface area contributed by atoms with E-state index in [1.165, 1.54) is 31.3 Å². The van der Waals surface area contributed by atoms with Crippen molar-refractivity contribution in [2.75, 3.05) is 13.6 Å². The molecule has 0 bridgehead atoms. The van der Waals surface area contributed by atoms with E-state index in [1.54, 1.807) is 0 Å². The topological polar surface area (TPSA) is 66.5 Å². The number of hydrogen-bond acceptors (Lipinski definition) is 3. The van der Waals surface area contributed by atoms with Gasteiger partial charge in [0.05, 0.1) is 11.4 Å². The molecule has 0 heterocycles. The summed E-state index contributed by atoms with van der Waals surface area (Å²) in [6.07, 6.45) is 1.89. The molecule has 1 N–H and O–H groups in total. The van der Waals surface area contributed by atoms with Gasteiger partial charge in [0.2, 0.25) is 15.9 Å². The maximum absolute atomic E-state index is 12.4. The van der Waals surface area contributed by atoms with Crippen LogP contribution in [0.25, 0.3) is 0 Å². The maximum Gasteiger partial charge on any atom is 0.243 e. The Morgan fingerprint density at radius 1 is 1.17 bits per heavy atom. The Balaban J connectivity index is 2.62. The molecule has 0 saturated carbocycles. The van der Waals surface area contributed by atoms with Gasteiger partial charge in [0, 0.05) is 18.1 Å². The number of rotatable bonds is 8. The summed E-state index contributed by atoms with van der Waals surface area (Å²) >= 11 is 5.76. The summed E-state index contributed by atoms with van der Waals surface area (Å²) in [5.41, 5.74) is 0. The van der Waals surface area contributed by atoms with Gasteiger partial charge < -0.3 is 5.32 Å². The number of amides is 1. The van der Waals surface area contributed by atoms with Crippen LogP contribution < -0.4 is 5.32 Å². The van der Waals surface area contributed by atoms with Gasteiger partial charge in [-0.1, -0.05) is 25.4 Å². The first-order valence-corrected chi connectivity index (χ1v) is 9.46. The molecule has 0 aliphatic carbocycles. The molecule has 0 aliphatic heterocycles. The first-order chi connectivity index (χ1) is 10.6. The van der Waals surface area contributed by atoms with Crippen molar-refractivity contribution >= 4 is 27.5 Å². The van der Waals surface area contributed by atoms with E-state index in [1.807, 2.05) is 6.92 Å². The summed E-state index contributed by atoms with van der Waals surface area (Å²) in [7, 11) is -2.31. The average molecular weight is 361 g/mol. The Morgan fingerprint density at radius 2 is 1.74 bits per heavy atom. The van der Waals surface area contributed by atoms with Crippen LogP contribution in [0.5, 0.6) is 0 Å². The lowest BCUT2D eigenvalue weighted by Gasteiger charge is -2.19. The summed E-state index contributed by atoms with van der Waals surface area (Å²) < 4.78 is 25.8. The third kappa shape index (κ3) is 6.49. The molecule has 0 unspecified atom stereocenters. The summed E-state index contributed by atoms with van der Waals surface area (Å²) in [4.78, 5) is 12.1. The molecule has 23 heavy (non-hydrogen) atoms. The van der Waals surface area contributed by atoms with Gasteiger partial charge in [0.1, 0.15) is 0 Å². The van der Waals surface area contributed by atoms with Crippen molar-refractivity contribution < 1.29 is 13.2 Å². The molecule has 130 valence electrons. The van der Waals surface area contributed by atoms with Crippen LogP contribution in [0.3, 0.4) is 0 Å². The van der Waals surface area contributed by atoms with E-state index in [4.69, 9.17) is 11.6 Å². The molecule has 0 aromatic heterocycles. The number of nitrogens with one attached hydrogen (secondary N) is 1. The molecule has 1 aromatic carbocycles. The Kier molecular flexibility index (Phi) is 7.51. The van der Waals surface area contributed by atoms with Gasteiger partial charge in [0.25, 0.3) is 0 Å². The number of hydrogen-bond donors (Lipinski definition) is 1. The minimum atomic E-state index is -3.70. The van der Waals surface area contributed by atoms with Gasteiger partial charge in [-0.05, 0) is 49.9 Å². The van der Waals surface area contributed by atoms with Crippen LogP contribution in [0.2, 0.25) is 5.02 Å². The van der Waals surface area contributed by atoms with E-state index in [2.05, 4.69) is 19.2 Å². The lowest BCUT2D eigenvalue weighted by atomic mass is 10.0. The highest BCUT2D eigenvalue weighted by Gasteiger charge is 2.23. The van der Waals surface area contributed by atoms with Crippen LogP contribution in [0.15, 0.2) is 29.2 Å². The average Bonchev–Trinajstić information content (AvgIpc) is 2.45. The molecule has 0 fully saturated rings. The number of likely N-dealkylation sites (N-methyl/N-ethyl adjacent to an activating group) is 1. The van der Waals surface area contributed by atoms with E-state index in [0.717, 1.165) is 17.1 Å². The zero-order chi connectivity index (χ0) is 17.6. The van der Waals surface area contributed by atoms with Crippen LogP contribution in [0.1, 0.15) is 33.6 Å². The quantitative estimate of drug-likeness (QED) is 0.775. The first-order valence-electron chi connectivity index (χ1n) is 7.64. The Labute approximate surface area is 144 Å². The molecule has 0 radical (unpaired) electrons. The van der Waals surface area contributed by atoms with Crippen molar-refractivity contribution in [3.05, 3.63) is 29.3 Å². The molecule has 0 spiro atoms. The molecular weight excluding hydrogens is 336 g/mol. The third-order valence-corrected chi connectivity index (χ3v) is 5.54. The van der Waals surface area contributed by atoms with Crippen LogP contribution in [0, 0.1) is 5.92 Å². The number of nitrogens with zero attached hydrogens (tertiary/aromatic N) is 1. The van der Waals surface area contributed by atoms with Crippen molar-refractivity contribution in [1.82, 2.24) is 9.62 Å². The van der Waals surface area contributed by atoms with E-state index in [9.17, 15) is 13.2 Å². The number of carbonyl (C=O) groups is 1. The highest BCUT2D eigenvalue weighted by atomic mass is 35.5. The highest BCUT2D eigenvalue weighted by Crippen LogP contribution is 2.17. The summed E-state index contributed by atoms with van der Waals surface area (Å²) in [6.45, 7) is 5.97. The van der Waals surface area contributed by atoms with Crippen LogP contribution in [-0.2, 0) is 14.8 Å². The lowest BCUT2D eigenvalue weighted by molar-refractivity contribution is -0.121. The molecule has 7 heteroatoms. The molecule has 1 rings (SSSR count). The van der Waals surface area contributed by atoms with Crippen molar-refractivity contribution in [1.29, 1.82) is 0 Å². The fourth-order valence-corrected chi connectivity index (χ4v) is 3.30. The fraction of sp³-hybridized carbons (Fsp3) is 0.562. The standard InChI is InChI=1S/C16H25ClN2O3S/c1-12(2)5-6-13(3)18-16(20)11-19(4)23(21,22)15-9-7-14(17)8-10-15/h7-10,12-13H,5-6,11H2,1-4H3,(H,18,20)/t13-/m1/s1. The molecular formula is C16H25ClN2O3S. The zero-order valence-corrected chi connectivity index (χ0v) is 15.6. The van der Waals surface area contributed by atoms with Gasteiger partial charge in [-0.15, -0.1) is 0 Å². The van der Waals surface area contributed by atoms with E-state index in [-0.39, 0.29) is 23.4 Å². The predicted octanol–water partition coefficient (Wildman–Crippen LogP) is 2.90. The van der Waals surface area contributed by atoms with E-state index >= 15 is 0 Å². The summed E-state index contributed by atoms with van der Waals surface area (Å²) in [5, 5.41) is 3.29. The number of carbonyl (C=O) groups excluding carboxylic acids is 1. The molecule has 5 nitrogen and oxygen atoms in total. The monoisotopic (exact) mass is 360 g/mol.